The lowest BCUT2D eigenvalue weighted by molar-refractivity contribution is 0.0600. The van der Waals surface area contributed by atoms with Crippen LogP contribution in [0.2, 0.25) is 0 Å². The summed E-state index contributed by atoms with van der Waals surface area (Å²) >= 11 is 0. The minimum absolute atomic E-state index is 0.306. The highest BCUT2D eigenvalue weighted by Crippen LogP contribution is 2.19. The van der Waals surface area contributed by atoms with E-state index in [9.17, 15) is 4.79 Å². The van der Waals surface area contributed by atoms with Gasteiger partial charge in [0.15, 0.2) is 0 Å². The molecule has 0 aliphatic heterocycles. The Kier molecular flexibility index (Phi) is 3.60. The average Bonchev–Trinajstić information content (AvgIpc) is 2.88. The van der Waals surface area contributed by atoms with Crippen LogP contribution in [0.25, 0.3) is 5.69 Å². The van der Waals surface area contributed by atoms with Crippen LogP contribution in [0.1, 0.15) is 15.9 Å². The van der Waals surface area contributed by atoms with Crippen molar-refractivity contribution in [2.75, 3.05) is 26.1 Å². The largest absolute Gasteiger partial charge is 0.465 e. The standard InChI is InChI=1S/C15H18N2O2/c1-11-5-6-12(9-14(11)15(18)19-4)17-8-7-13(10-17)16(2)3/h5-10H,1-4H3. The molecule has 4 heteroatoms. The molecular weight excluding hydrogens is 240 g/mol. The number of benzene rings is 1. The van der Waals surface area contributed by atoms with Gasteiger partial charge < -0.3 is 14.2 Å². The van der Waals surface area contributed by atoms with Crippen LogP contribution in [0.4, 0.5) is 5.69 Å². The van der Waals surface area contributed by atoms with Gasteiger partial charge in [-0.3, -0.25) is 0 Å². The molecule has 0 fully saturated rings. The van der Waals surface area contributed by atoms with Crippen molar-refractivity contribution in [3.8, 4) is 5.69 Å². The molecule has 0 saturated heterocycles. The van der Waals surface area contributed by atoms with Gasteiger partial charge in [0.25, 0.3) is 0 Å². The van der Waals surface area contributed by atoms with E-state index in [1.54, 1.807) is 0 Å². The molecule has 2 aromatic rings. The third kappa shape index (κ3) is 2.62. The summed E-state index contributed by atoms with van der Waals surface area (Å²) in [6, 6.07) is 7.79. The average molecular weight is 258 g/mol. The summed E-state index contributed by atoms with van der Waals surface area (Å²) in [5.41, 5.74) is 3.56. The molecule has 0 N–H and O–H groups in total. The first kappa shape index (κ1) is 13.2. The van der Waals surface area contributed by atoms with Gasteiger partial charge in [0, 0.05) is 32.2 Å². The van der Waals surface area contributed by atoms with Gasteiger partial charge in [0.2, 0.25) is 0 Å². The number of esters is 1. The normalized spacial score (nSPS) is 10.3. The summed E-state index contributed by atoms with van der Waals surface area (Å²) in [5, 5.41) is 0. The maximum Gasteiger partial charge on any atom is 0.338 e. The van der Waals surface area contributed by atoms with E-state index in [2.05, 4.69) is 0 Å². The summed E-state index contributed by atoms with van der Waals surface area (Å²) in [5.74, 6) is -0.306. The predicted octanol–water partition coefficient (Wildman–Crippen LogP) is 2.64. The molecule has 0 amide bonds. The third-order valence-corrected chi connectivity index (χ3v) is 3.12. The first-order valence-electron chi connectivity index (χ1n) is 6.07. The van der Waals surface area contributed by atoms with Crippen LogP contribution in [-0.4, -0.2) is 31.7 Å². The zero-order chi connectivity index (χ0) is 14.0. The minimum atomic E-state index is -0.306. The second kappa shape index (κ2) is 5.18. The Hall–Kier alpha value is -2.23. The summed E-state index contributed by atoms with van der Waals surface area (Å²) in [6.07, 6.45) is 3.99. The number of rotatable bonds is 3. The summed E-state index contributed by atoms with van der Waals surface area (Å²) < 4.78 is 6.78. The number of hydrogen-bond acceptors (Lipinski definition) is 3. The van der Waals surface area contributed by atoms with Gasteiger partial charge in [-0.05, 0) is 30.7 Å². The monoisotopic (exact) mass is 258 g/mol. The number of anilines is 1. The van der Waals surface area contributed by atoms with E-state index in [1.807, 2.05) is 67.1 Å². The van der Waals surface area contributed by atoms with Crippen molar-refractivity contribution in [2.24, 2.45) is 0 Å². The number of ether oxygens (including phenoxy) is 1. The zero-order valence-corrected chi connectivity index (χ0v) is 11.7. The second-order valence-corrected chi connectivity index (χ2v) is 4.66. The highest BCUT2D eigenvalue weighted by Gasteiger charge is 2.10. The Morgan fingerprint density at radius 1 is 1.26 bits per heavy atom. The summed E-state index contributed by atoms with van der Waals surface area (Å²) in [7, 11) is 5.39. The SMILES string of the molecule is COC(=O)c1cc(-n2ccc(N(C)C)c2)ccc1C. The maximum atomic E-state index is 11.7. The van der Waals surface area contributed by atoms with Crippen molar-refractivity contribution < 1.29 is 9.53 Å². The van der Waals surface area contributed by atoms with Crippen LogP contribution >= 0.6 is 0 Å². The Bertz CT molecular complexity index is 600. The quantitative estimate of drug-likeness (QED) is 0.794. The van der Waals surface area contributed by atoms with Gasteiger partial charge in [-0.25, -0.2) is 4.79 Å². The predicted molar refractivity (Wildman–Crippen MR) is 76.2 cm³/mol. The first-order chi connectivity index (χ1) is 9.02. The van der Waals surface area contributed by atoms with Crippen molar-refractivity contribution in [1.82, 2.24) is 4.57 Å². The molecule has 1 aromatic heterocycles. The molecule has 19 heavy (non-hydrogen) atoms. The molecule has 0 atom stereocenters. The van der Waals surface area contributed by atoms with Gasteiger partial charge in [-0.1, -0.05) is 6.07 Å². The Morgan fingerprint density at radius 3 is 2.58 bits per heavy atom. The molecule has 1 aromatic carbocycles. The fourth-order valence-electron chi connectivity index (χ4n) is 1.91. The Balaban J connectivity index is 2.42. The molecular formula is C15H18N2O2. The highest BCUT2D eigenvalue weighted by atomic mass is 16.5. The Morgan fingerprint density at radius 2 is 2.00 bits per heavy atom. The lowest BCUT2D eigenvalue weighted by atomic mass is 10.1. The van der Waals surface area contributed by atoms with Crippen LogP contribution in [-0.2, 0) is 4.74 Å². The van der Waals surface area contributed by atoms with Crippen LogP contribution in [0.15, 0.2) is 36.7 Å². The van der Waals surface area contributed by atoms with Crippen LogP contribution in [0.3, 0.4) is 0 Å². The third-order valence-electron chi connectivity index (χ3n) is 3.12. The number of aryl methyl sites for hydroxylation is 1. The summed E-state index contributed by atoms with van der Waals surface area (Å²) in [6.45, 7) is 1.90. The molecule has 0 radical (unpaired) electrons. The van der Waals surface area contributed by atoms with E-state index in [-0.39, 0.29) is 5.97 Å². The topological polar surface area (TPSA) is 34.5 Å². The van der Waals surface area contributed by atoms with E-state index in [1.165, 1.54) is 7.11 Å². The molecule has 0 saturated carbocycles. The fourth-order valence-corrected chi connectivity index (χ4v) is 1.91. The van der Waals surface area contributed by atoms with E-state index in [0.29, 0.717) is 5.56 Å². The molecule has 0 aliphatic carbocycles. The molecule has 0 spiro atoms. The molecule has 100 valence electrons. The molecule has 0 bridgehead atoms. The lowest BCUT2D eigenvalue weighted by Crippen LogP contribution is -2.07. The second-order valence-electron chi connectivity index (χ2n) is 4.66. The van der Waals surface area contributed by atoms with Crippen molar-refractivity contribution in [3.05, 3.63) is 47.8 Å². The number of methoxy groups -OCH3 is 1. The van der Waals surface area contributed by atoms with Crippen molar-refractivity contribution in [3.63, 3.8) is 0 Å². The summed E-state index contributed by atoms with van der Waals surface area (Å²) in [4.78, 5) is 13.7. The van der Waals surface area contributed by atoms with Crippen molar-refractivity contribution in [1.29, 1.82) is 0 Å². The number of aromatic nitrogens is 1. The number of hydrogen-bond donors (Lipinski definition) is 0. The Labute approximate surface area is 113 Å². The van der Waals surface area contributed by atoms with Gasteiger partial charge in [0.1, 0.15) is 0 Å². The molecule has 2 rings (SSSR count). The molecule has 0 unspecified atom stereocenters. The lowest BCUT2D eigenvalue weighted by Gasteiger charge is -2.10. The van der Waals surface area contributed by atoms with Gasteiger partial charge in [-0.2, -0.15) is 0 Å². The zero-order valence-electron chi connectivity index (χ0n) is 11.7. The fraction of sp³-hybridized carbons (Fsp3) is 0.267. The maximum absolute atomic E-state index is 11.7. The van der Waals surface area contributed by atoms with Crippen molar-refractivity contribution >= 4 is 11.7 Å². The van der Waals surface area contributed by atoms with Crippen molar-refractivity contribution in [2.45, 2.75) is 6.92 Å². The van der Waals surface area contributed by atoms with E-state index < -0.39 is 0 Å². The van der Waals surface area contributed by atoms with Gasteiger partial charge in [-0.15, -0.1) is 0 Å². The number of nitrogens with zero attached hydrogens (tertiary/aromatic N) is 2. The minimum Gasteiger partial charge on any atom is -0.465 e. The van der Waals surface area contributed by atoms with Crippen LogP contribution in [0, 0.1) is 6.92 Å². The molecule has 4 nitrogen and oxygen atoms in total. The molecule has 0 aliphatic rings. The van der Waals surface area contributed by atoms with Gasteiger partial charge in [0.05, 0.1) is 18.4 Å². The van der Waals surface area contributed by atoms with E-state index in [4.69, 9.17) is 4.74 Å². The molecule has 1 heterocycles. The number of carbonyl (C=O) groups excluding carboxylic acids is 1. The highest BCUT2D eigenvalue weighted by molar-refractivity contribution is 5.91. The number of carbonyl (C=O) groups is 1. The van der Waals surface area contributed by atoms with Crippen LogP contribution < -0.4 is 4.90 Å². The smallest absolute Gasteiger partial charge is 0.338 e. The van der Waals surface area contributed by atoms with E-state index in [0.717, 1.165) is 16.9 Å². The van der Waals surface area contributed by atoms with E-state index >= 15 is 0 Å². The first-order valence-corrected chi connectivity index (χ1v) is 6.07. The van der Waals surface area contributed by atoms with Crippen LogP contribution in [0.5, 0.6) is 0 Å². The van der Waals surface area contributed by atoms with Gasteiger partial charge >= 0.3 is 5.97 Å².